The summed E-state index contributed by atoms with van der Waals surface area (Å²) < 4.78 is 1.89. The van der Waals surface area contributed by atoms with Crippen LogP contribution in [0.5, 0.6) is 0 Å². The van der Waals surface area contributed by atoms with Crippen molar-refractivity contribution in [3.05, 3.63) is 24.0 Å². The van der Waals surface area contributed by atoms with Gasteiger partial charge in [-0.2, -0.15) is 0 Å². The summed E-state index contributed by atoms with van der Waals surface area (Å²) in [4.78, 5) is 4.39. The van der Waals surface area contributed by atoms with E-state index in [1.165, 1.54) is 5.57 Å². The van der Waals surface area contributed by atoms with Crippen LogP contribution in [-0.2, 0) is 0 Å². The Bertz CT molecular complexity index is 340. The first-order chi connectivity index (χ1) is 6.07. The normalized spacial score (nSPS) is 25.6. The largest absolute Gasteiger partial charge is 0.297 e. The molecule has 0 fully saturated rings. The molecule has 0 saturated heterocycles. The molecule has 1 atom stereocenters. The molecular weight excluding hydrogens is 162 g/mol. The van der Waals surface area contributed by atoms with Crippen LogP contribution in [0.1, 0.15) is 20.8 Å². The second-order valence-corrected chi connectivity index (χ2v) is 4.36. The summed E-state index contributed by atoms with van der Waals surface area (Å²) in [5, 5.41) is 4.18. The zero-order valence-electron chi connectivity index (χ0n) is 8.23. The summed E-state index contributed by atoms with van der Waals surface area (Å²) in [6, 6.07) is 0. The smallest absolute Gasteiger partial charge is 0.219 e. The van der Waals surface area contributed by atoms with E-state index in [0.29, 0.717) is 0 Å². The van der Waals surface area contributed by atoms with Crippen LogP contribution < -0.4 is 0 Å². The highest BCUT2D eigenvalue weighted by Crippen LogP contribution is 2.26. The molecule has 3 nitrogen and oxygen atoms in total. The number of rotatable bonds is 0. The van der Waals surface area contributed by atoms with E-state index in [1.807, 2.05) is 17.0 Å². The third-order valence-corrected chi connectivity index (χ3v) is 2.23. The van der Waals surface area contributed by atoms with Gasteiger partial charge in [0.1, 0.15) is 0 Å². The van der Waals surface area contributed by atoms with Crippen LogP contribution in [0.15, 0.2) is 34.2 Å². The summed E-state index contributed by atoms with van der Waals surface area (Å²) in [5.74, 6) is 0. The molecule has 3 heteroatoms. The van der Waals surface area contributed by atoms with Crippen molar-refractivity contribution in [2.24, 2.45) is 15.5 Å². The van der Waals surface area contributed by atoms with Gasteiger partial charge < -0.3 is 0 Å². The van der Waals surface area contributed by atoms with Gasteiger partial charge >= 0.3 is 0 Å². The van der Waals surface area contributed by atoms with E-state index < -0.39 is 0 Å². The topological polar surface area (TPSA) is 27.7 Å². The number of hydrogen-bond acceptors (Lipinski definition) is 2. The van der Waals surface area contributed by atoms with Crippen molar-refractivity contribution in [1.82, 2.24) is 0 Å². The lowest BCUT2D eigenvalue weighted by Gasteiger charge is -2.19. The molecule has 0 saturated carbocycles. The van der Waals surface area contributed by atoms with Gasteiger partial charge in [-0.25, -0.2) is 4.99 Å². The predicted molar refractivity (Wildman–Crippen MR) is 51.6 cm³/mol. The van der Waals surface area contributed by atoms with E-state index in [-0.39, 0.29) is 11.6 Å². The van der Waals surface area contributed by atoms with Crippen molar-refractivity contribution in [3.63, 3.8) is 0 Å². The van der Waals surface area contributed by atoms with E-state index >= 15 is 0 Å². The average Bonchev–Trinajstić information content (AvgIpc) is 2.47. The number of hydrogen-bond donors (Lipinski definition) is 0. The summed E-state index contributed by atoms with van der Waals surface area (Å²) in [6.07, 6.45) is 7.90. The van der Waals surface area contributed by atoms with E-state index in [9.17, 15) is 0 Å². The van der Waals surface area contributed by atoms with Crippen LogP contribution in [0, 0.1) is 5.41 Å². The van der Waals surface area contributed by atoms with E-state index in [1.54, 1.807) is 6.20 Å². The molecule has 2 rings (SSSR count). The maximum atomic E-state index is 4.39. The van der Waals surface area contributed by atoms with Crippen LogP contribution >= 0.6 is 0 Å². The Morgan fingerprint density at radius 1 is 1.38 bits per heavy atom. The summed E-state index contributed by atoms with van der Waals surface area (Å²) >= 11 is 0. The van der Waals surface area contributed by atoms with Gasteiger partial charge in [0.25, 0.3) is 6.17 Å². The summed E-state index contributed by atoms with van der Waals surface area (Å²) in [7, 11) is 0. The molecule has 0 aromatic rings. The van der Waals surface area contributed by atoms with Gasteiger partial charge in [0.05, 0.1) is 6.20 Å². The monoisotopic (exact) mass is 176 g/mol. The minimum absolute atomic E-state index is 0.103. The maximum Gasteiger partial charge on any atom is 0.297 e. The second kappa shape index (κ2) is 2.62. The third-order valence-electron chi connectivity index (χ3n) is 2.23. The zero-order chi connectivity index (χ0) is 9.47. The summed E-state index contributed by atoms with van der Waals surface area (Å²) in [5.41, 5.74) is 1.36. The molecule has 1 unspecified atom stereocenters. The Morgan fingerprint density at radius 2 is 2.15 bits per heavy atom. The van der Waals surface area contributed by atoms with Crippen LogP contribution in [0.3, 0.4) is 0 Å². The standard InChI is InChI=1S/C10H14N3/c1-10(2,3)8-6-11-9-4-5-12-13(9)7-8/h4-7,9H,1-3H3/q+1. The zero-order valence-corrected chi connectivity index (χ0v) is 8.23. The molecule has 2 heterocycles. The summed E-state index contributed by atoms with van der Waals surface area (Å²) in [6.45, 7) is 6.53. The number of aliphatic imine (C=N–C) groups is 1. The van der Waals surface area contributed by atoms with Crippen molar-refractivity contribution in [3.8, 4) is 0 Å². The molecule has 13 heavy (non-hydrogen) atoms. The molecule has 0 aliphatic carbocycles. The lowest BCUT2D eigenvalue weighted by molar-refractivity contribution is -0.545. The van der Waals surface area contributed by atoms with Crippen molar-refractivity contribution >= 4 is 6.21 Å². The molecule has 68 valence electrons. The minimum atomic E-state index is 0.103. The van der Waals surface area contributed by atoms with Crippen LogP contribution in [0.25, 0.3) is 0 Å². The van der Waals surface area contributed by atoms with Gasteiger partial charge in [0, 0.05) is 17.9 Å². The lowest BCUT2D eigenvalue weighted by atomic mass is 9.87. The number of azo groups is 2. The first-order valence-corrected chi connectivity index (χ1v) is 4.49. The van der Waals surface area contributed by atoms with Crippen molar-refractivity contribution in [2.45, 2.75) is 26.9 Å². The Labute approximate surface area is 78.2 Å². The van der Waals surface area contributed by atoms with Gasteiger partial charge in [-0.3, -0.25) is 0 Å². The molecule has 0 bridgehead atoms. The van der Waals surface area contributed by atoms with E-state index in [0.717, 1.165) is 0 Å². The van der Waals surface area contributed by atoms with Gasteiger partial charge in [0.15, 0.2) is 0 Å². The highest BCUT2D eigenvalue weighted by Gasteiger charge is 2.29. The number of fused-ring (bicyclic) bond motifs is 1. The molecule has 0 aromatic carbocycles. The highest BCUT2D eigenvalue weighted by atomic mass is 15.3. The van der Waals surface area contributed by atoms with Gasteiger partial charge in [-0.05, 0) is 10.5 Å². The Morgan fingerprint density at radius 3 is 2.85 bits per heavy atom. The van der Waals surface area contributed by atoms with Gasteiger partial charge in [0.2, 0.25) is 6.20 Å². The predicted octanol–water partition coefficient (Wildman–Crippen LogP) is 2.32. The van der Waals surface area contributed by atoms with Crippen molar-refractivity contribution < 1.29 is 4.70 Å². The highest BCUT2D eigenvalue weighted by molar-refractivity contribution is 5.80. The fraction of sp³-hybridized carbons (Fsp3) is 0.500. The molecule has 0 radical (unpaired) electrons. The Kier molecular flexibility index (Phi) is 1.68. The second-order valence-electron chi connectivity index (χ2n) is 4.36. The lowest BCUT2D eigenvalue weighted by Crippen LogP contribution is -2.22. The van der Waals surface area contributed by atoms with Crippen LogP contribution in [0.2, 0.25) is 0 Å². The van der Waals surface area contributed by atoms with E-state index in [4.69, 9.17) is 0 Å². The van der Waals surface area contributed by atoms with Crippen molar-refractivity contribution in [1.29, 1.82) is 0 Å². The first-order valence-electron chi connectivity index (χ1n) is 4.49. The Balaban J connectivity index is 2.32. The molecule has 0 spiro atoms. The number of allylic oxidation sites excluding steroid dienone is 1. The molecule has 0 aromatic heterocycles. The molecule has 0 N–H and O–H groups in total. The average molecular weight is 176 g/mol. The van der Waals surface area contributed by atoms with E-state index in [2.05, 4.69) is 37.1 Å². The SMILES string of the molecule is CC(C)(C)C1=C[N+]2=NC=CC2N=C1. The number of nitrogens with zero attached hydrogens (tertiary/aromatic N) is 3. The fourth-order valence-electron chi connectivity index (χ4n) is 1.30. The molecule has 2 aliphatic heterocycles. The molecular formula is C10H14N3+. The minimum Gasteiger partial charge on any atom is -0.219 e. The maximum absolute atomic E-state index is 4.39. The first kappa shape index (κ1) is 8.35. The fourth-order valence-corrected chi connectivity index (χ4v) is 1.30. The quantitative estimate of drug-likeness (QED) is 0.507. The molecule has 0 amide bonds. The van der Waals surface area contributed by atoms with Gasteiger partial charge in [-0.1, -0.05) is 25.5 Å². The van der Waals surface area contributed by atoms with Crippen LogP contribution in [0.4, 0.5) is 0 Å². The van der Waals surface area contributed by atoms with Crippen molar-refractivity contribution in [2.75, 3.05) is 0 Å². The molecule has 2 aliphatic rings. The van der Waals surface area contributed by atoms with Gasteiger partial charge in [-0.15, -0.1) is 0 Å². The Hall–Kier alpha value is -1.25. The van der Waals surface area contributed by atoms with Crippen LogP contribution in [-0.4, -0.2) is 17.1 Å². The third kappa shape index (κ3) is 1.46.